The van der Waals surface area contributed by atoms with Crippen LogP contribution in [0, 0.1) is 6.92 Å². The van der Waals surface area contributed by atoms with Gasteiger partial charge in [-0.05, 0) is 61.2 Å². The van der Waals surface area contributed by atoms with E-state index in [2.05, 4.69) is 25.6 Å². The van der Waals surface area contributed by atoms with E-state index in [1.54, 1.807) is 31.2 Å². The van der Waals surface area contributed by atoms with Crippen LogP contribution in [0.1, 0.15) is 24.0 Å². The number of nitrogens with one attached hydrogen (secondary N) is 2. The molecular formula is C26H25F3N6O4S2. The van der Waals surface area contributed by atoms with Gasteiger partial charge in [0, 0.05) is 18.4 Å². The zero-order chi connectivity index (χ0) is 29.8. The number of alkyl halides is 3. The van der Waals surface area contributed by atoms with Crippen molar-refractivity contribution in [3.05, 3.63) is 65.7 Å². The number of aromatic nitrogens is 3. The maximum Gasteiger partial charge on any atom is 0.411 e. The Hall–Kier alpha value is -3.82. The van der Waals surface area contributed by atoms with Gasteiger partial charge in [0.25, 0.3) is 0 Å². The molecule has 1 fully saturated rings. The molecule has 2 aromatic heterocycles. The molecule has 1 aliphatic carbocycles. The smallest absolute Gasteiger partial charge is 0.354 e. The fourth-order valence-corrected chi connectivity index (χ4v) is 5.82. The summed E-state index contributed by atoms with van der Waals surface area (Å²) in [5, 5.41) is 10.6. The highest BCUT2D eigenvalue weighted by molar-refractivity contribution is 7.90. The number of anilines is 2. The molecular weight excluding hydrogens is 581 g/mol. The Bertz CT molecular complexity index is 1880. The number of sulfone groups is 1. The van der Waals surface area contributed by atoms with Crippen LogP contribution in [-0.2, 0) is 26.4 Å². The number of nitrogens with two attached hydrogens (primary N) is 1. The Morgan fingerprint density at radius 2 is 1.63 bits per heavy atom. The van der Waals surface area contributed by atoms with E-state index in [4.69, 9.17) is 5.14 Å². The zero-order valence-electron chi connectivity index (χ0n) is 21.8. The number of nitrogens with zero attached hydrogens (tertiary/aromatic N) is 3. The Morgan fingerprint density at radius 3 is 2.22 bits per heavy atom. The molecule has 0 amide bonds. The fraction of sp³-hybridized carbons (Fsp3) is 0.269. The van der Waals surface area contributed by atoms with E-state index < -0.39 is 31.6 Å². The minimum Gasteiger partial charge on any atom is -0.354 e. The number of primary sulfonamides is 1. The first kappa shape index (κ1) is 28.7. The van der Waals surface area contributed by atoms with E-state index in [1.165, 1.54) is 30.3 Å². The summed E-state index contributed by atoms with van der Waals surface area (Å²) in [6, 6.07) is 13.7. The molecule has 0 aliphatic heterocycles. The van der Waals surface area contributed by atoms with Crippen molar-refractivity contribution in [2.24, 2.45) is 5.14 Å². The van der Waals surface area contributed by atoms with E-state index in [0.29, 0.717) is 22.4 Å². The number of hydrogen-bond donors (Lipinski definition) is 3. The molecule has 41 heavy (non-hydrogen) atoms. The van der Waals surface area contributed by atoms with Gasteiger partial charge in [-0.3, -0.25) is 0 Å². The lowest BCUT2D eigenvalue weighted by molar-refractivity contribution is -0.151. The zero-order valence-corrected chi connectivity index (χ0v) is 23.5. The average molecular weight is 607 g/mol. The third-order valence-corrected chi connectivity index (χ3v) is 8.95. The molecule has 0 saturated heterocycles. The highest BCUT2D eigenvalue weighted by Gasteiger charge is 2.64. The molecule has 2 aromatic carbocycles. The Balaban J connectivity index is 1.53. The van der Waals surface area contributed by atoms with Gasteiger partial charge in [-0.25, -0.2) is 31.9 Å². The lowest BCUT2D eigenvalue weighted by Crippen LogP contribution is -2.39. The first-order valence-corrected chi connectivity index (χ1v) is 15.7. The molecule has 0 bridgehead atoms. The molecule has 15 heteroatoms. The first-order chi connectivity index (χ1) is 19.1. The summed E-state index contributed by atoms with van der Waals surface area (Å²) >= 11 is 0. The second-order valence-electron chi connectivity index (χ2n) is 9.96. The largest absolute Gasteiger partial charge is 0.411 e. The summed E-state index contributed by atoms with van der Waals surface area (Å²) in [7, 11) is -7.38. The molecule has 10 nitrogen and oxygen atoms in total. The van der Waals surface area contributed by atoms with Gasteiger partial charge in [-0.2, -0.15) is 18.2 Å². The number of fused-ring (bicyclic) bond motifs is 1. The van der Waals surface area contributed by atoms with E-state index >= 15 is 0 Å². The lowest BCUT2D eigenvalue weighted by Gasteiger charge is -2.22. The molecule has 0 atom stereocenters. The van der Waals surface area contributed by atoms with E-state index in [0.717, 1.165) is 6.26 Å². The second kappa shape index (κ2) is 9.92. The number of halogens is 3. The quantitative estimate of drug-likeness (QED) is 0.268. The predicted molar refractivity (Wildman–Crippen MR) is 147 cm³/mol. The maximum absolute atomic E-state index is 13.9. The van der Waals surface area contributed by atoms with Crippen LogP contribution in [0.25, 0.3) is 22.3 Å². The lowest BCUT2D eigenvalue weighted by atomic mass is 10.1. The molecule has 1 aliphatic rings. The number of pyridine rings is 1. The Labute approximate surface area is 234 Å². The van der Waals surface area contributed by atoms with Crippen molar-refractivity contribution in [3.63, 3.8) is 0 Å². The maximum atomic E-state index is 13.9. The summed E-state index contributed by atoms with van der Waals surface area (Å²) in [6.07, 6.45) is -3.69. The molecule has 1 saturated carbocycles. The topological polar surface area (TPSA) is 157 Å². The molecule has 2 heterocycles. The van der Waals surface area contributed by atoms with Crippen LogP contribution < -0.4 is 15.8 Å². The average Bonchev–Trinajstić information content (AvgIpc) is 3.68. The SMILES string of the molecule is Cc1ccc(-c2ccc3nc(NCc4ccc(S(N)(=O)=O)cc4)nc(NC4(C(F)(F)F)CC4)c3n2)cc1S(C)(=O)=O. The monoisotopic (exact) mass is 606 g/mol. The van der Waals surface area contributed by atoms with Gasteiger partial charge < -0.3 is 10.6 Å². The molecule has 4 aromatic rings. The van der Waals surface area contributed by atoms with Crippen LogP contribution in [0.3, 0.4) is 0 Å². The third kappa shape index (κ3) is 5.96. The highest BCUT2D eigenvalue weighted by Crippen LogP contribution is 2.51. The summed E-state index contributed by atoms with van der Waals surface area (Å²) in [5.41, 5.74) is 0.208. The van der Waals surface area contributed by atoms with Crippen LogP contribution in [0.2, 0.25) is 0 Å². The van der Waals surface area contributed by atoms with Crippen LogP contribution in [0.4, 0.5) is 24.9 Å². The second-order valence-corrected chi connectivity index (χ2v) is 13.5. The fourth-order valence-electron chi connectivity index (χ4n) is 4.31. The van der Waals surface area contributed by atoms with Gasteiger partial charge in [0.2, 0.25) is 16.0 Å². The number of sulfonamides is 1. The van der Waals surface area contributed by atoms with Crippen LogP contribution >= 0.6 is 0 Å². The third-order valence-electron chi connectivity index (χ3n) is 6.78. The molecule has 4 N–H and O–H groups in total. The van der Waals surface area contributed by atoms with Crippen LogP contribution in [-0.4, -0.2) is 49.8 Å². The minimum atomic E-state index is -4.53. The summed E-state index contributed by atoms with van der Waals surface area (Å²) in [4.78, 5) is 13.3. The van der Waals surface area contributed by atoms with Crippen molar-refractivity contribution in [1.29, 1.82) is 0 Å². The van der Waals surface area contributed by atoms with Gasteiger partial charge in [0.15, 0.2) is 15.7 Å². The van der Waals surface area contributed by atoms with Crippen LogP contribution in [0.5, 0.6) is 0 Å². The molecule has 0 unspecified atom stereocenters. The standard InChI is InChI=1S/C26H25F3N6O4S2/c1-15-3-6-17(13-21(15)40(2,36)37)19-9-10-20-22(32-19)23(35-25(11-12-25)26(27,28)29)34-24(33-20)31-14-16-4-7-18(8-5-16)41(30,38)39/h3-10,13H,11-12,14H2,1-2H3,(H2,30,38,39)(H2,31,33,34,35). The van der Waals surface area contributed by atoms with Crippen molar-refractivity contribution in [2.75, 3.05) is 16.9 Å². The van der Waals surface area contributed by atoms with E-state index in [1.807, 2.05) is 0 Å². The van der Waals surface area contributed by atoms with Crippen molar-refractivity contribution in [3.8, 4) is 11.3 Å². The van der Waals surface area contributed by atoms with Gasteiger partial charge in [-0.1, -0.05) is 24.3 Å². The Morgan fingerprint density at radius 1 is 0.951 bits per heavy atom. The van der Waals surface area contributed by atoms with Crippen molar-refractivity contribution in [1.82, 2.24) is 15.0 Å². The molecule has 0 radical (unpaired) electrons. The van der Waals surface area contributed by atoms with Crippen molar-refractivity contribution >= 4 is 42.7 Å². The first-order valence-electron chi connectivity index (χ1n) is 12.3. The number of benzene rings is 2. The summed E-state index contributed by atoms with van der Waals surface area (Å²) in [6.45, 7) is 1.81. The highest BCUT2D eigenvalue weighted by atomic mass is 32.2. The number of aryl methyl sites for hydroxylation is 1. The number of hydrogen-bond acceptors (Lipinski definition) is 9. The summed E-state index contributed by atoms with van der Waals surface area (Å²) in [5.74, 6) is -0.105. The van der Waals surface area contributed by atoms with E-state index in [9.17, 15) is 30.0 Å². The van der Waals surface area contributed by atoms with Gasteiger partial charge in [0.05, 0.1) is 21.0 Å². The molecule has 5 rings (SSSR count). The summed E-state index contributed by atoms with van der Waals surface area (Å²) < 4.78 is 89.0. The Kier molecular flexibility index (Phi) is 6.94. The normalized spacial score (nSPS) is 15.1. The molecule has 216 valence electrons. The van der Waals surface area contributed by atoms with E-state index in [-0.39, 0.29) is 52.0 Å². The van der Waals surface area contributed by atoms with Gasteiger partial charge in [0.1, 0.15) is 11.1 Å². The molecule has 0 spiro atoms. The van der Waals surface area contributed by atoms with Crippen molar-refractivity contribution < 1.29 is 30.0 Å². The van der Waals surface area contributed by atoms with Crippen LogP contribution in [0.15, 0.2) is 64.4 Å². The number of rotatable bonds is 8. The van der Waals surface area contributed by atoms with Gasteiger partial charge >= 0.3 is 6.18 Å². The predicted octanol–water partition coefficient (Wildman–Crippen LogP) is 4.17. The van der Waals surface area contributed by atoms with Crippen molar-refractivity contribution in [2.45, 2.75) is 47.8 Å². The van der Waals surface area contributed by atoms with Gasteiger partial charge in [-0.15, -0.1) is 0 Å². The minimum absolute atomic E-state index is 0.0257.